The number of benzene rings is 1. The van der Waals surface area contributed by atoms with Crippen molar-refractivity contribution in [1.29, 1.82) is 0 Å². The van der Waals surface area contributed by atoms with E-state index in [2.05, 4.69) is 10.3 Å². The van der Waals surface area contributed by atoms with Crippen LogP contribution in [-0.2, 0) is 0 Å². The van der Waals surface area contributed by atoms with E-state index >= 15 is 0 Å². The van der Waals surface area contributed by atoms with Crippen LogP contribution in [0.4, 0.5) is 5.69 Å². The molecule has 19 heavy (non-hydrogen) atoms. The number of non-ortho nitro benzene ring substituents is 1. The van der Waals surface area contributed by atoms with Crippen LogP contribution in [-0.4, -0.2) is 28.2 Å². The smallest absolute Gasteiger partial charge is 0.271 e. The van der Waals surface area contributed by atoms with E-state index in [-0.39, 0.29) is 23.0 Å². The van der Waals surface area contributed by atoms with Crippen molar-refractivity contribution >= 4 is 51.4 Å². The normalized spacial score (nSPS) is 18.4. The highest BCUT2D eigenvalue weighted by molar-refractivity contribution is 8.01. The number of nitrogens with one attached hydrogen (secondary N) is 1. The Labute approximate surface area is 124 Å². The van der Waals surface area contributed by atoms with Crippen LogP contribution in [0.25, 0.3) is 10.2 Å². The Kier molecular flexibility index (Phi) is 4.62. The minimum atomic E-state index is -0.382. The number of fused-ring (bicyclic) bond motifs is 1. The van der Waals surface area contributed by atoms with Crippen LogP contribution in [0.3, 0.4) is 0 Å². The van der Waals surface area contributed by atoms with E-state index in [1.165, 1.54) is 6.07 Å². The number of thiazole rings is 1. The van der Waals surface area contributed by atoms with Crippen molar-refractivity contribution in [3.8, 4) is 0 Å². The highest BCUT2D eigenvalue weighted by atomic mass is 35.5. The molecule has 0 amide bonds. The van der Waals surface area contributed by atoms with Crippen molar-refractivity contribution in [2.24, 2.45) is 0 Å². The van der Waals surface area contributed by atoms with Crippen LogP contribution in [0.5, 0.6) is 0 Å². The van der Waals surface area contributed by atoms with E-state index in [0.717, 1.165) is 34.1 Å². The van der Waals surface area contributed by atoms with Crippen LogP contribution in [0.15, 0.2) is 22.5 Å². The third-order valence-electron chi connectivity index (χ3n) is 2.84. The topological polar surface area (TPSA) is 68.1 Å². The summed E-state index contributed by atoms with van der Waals surface area (Å²) < 4.78 is 2.01. The lowest BCUT2D eigenvalue weighted by Gasteiger charge is -2.02. The SMILES string of the molecule is Cl.O=[N+]([O-])c1ccc2sc(S[C@H]3CCNC3)nc2c1. The molecule has 3 rings (SSSR count). The molecular formula is C11H12ClN3O2S2. The van der Waals surface area contributed by atoms with Gasteiger partial charge in [-0.3, -0.25) is 10.1 Å². The highest BCUT2D eigenvalue weighted by Crippen LogP contribution is 2.34. The van der Waals surface area contributed by atoms with Gasteiger partial charge in [0.15, 0.2) is 4.34 Å². The molecule has 2 heterocycles. The zero-order valence-corrected chi connectivity index (χ0v) is 12.3. The lowest BCUT2D eigenvalue weighted by molar-refractivity contribution is -0.384. The zero-order valence-electron chi connectivity index (χ0n) is 9.87. The van der Waals surface area contributed by atoms with E-state index in [4.69, 9.17) is 0 Å². The van der Waals surface area contributed by atoms with Crippen molar-refractivity contribution in [3.63, 3.8) is 0 Å². The maximum Gasteiger partial charge on any atom is 0.271 e. The van der Waals surface area contributed by atoms with Crippen molar-refractivity contribution < 1.29 is 4.92 Å². The van der Waals surface area contributed by atoms with Crippen LogP contribution in [0, 0.1) is 10.1 Å². The lowest BCUT2D eigenvalue weighted by Crippen LogP contribution is -2.09. The molecule has 1 N–H and O–H groups in total. The Morgan fingerprint density at radius 3 is 3.05 bits per heavy atom. The van der Waals surface area contributed by atoms with Gasteiger partial charge in [0.25, 0.3) is 5.69 Å². The number of nitro groups is 1. The number of nitro benzene ring substituents is 1. The molecule has 0 aliphatic carbocycles. The van der Waals surface area contributed by atoms with Gasteiger partial charge < -0.3 is 5.32 Å². The maximum atomic E-state index is 10.7. The number of aromatic nitrogens is 1. The zero-order chi connectivity index (χ0) is 12.5. The van der Waals surface area contributed by atoms with Gasteiger partial charge in [0, 0.05) is 23.9 Å². The van der Waals surface area contributed by atoms with Gasteiger partial charge in [-0.2, -0.15) is 0 Å². The first-order chi connectivity index (χ1) is 8.72. The summed E-state index contributed by atoms with van der Waals surface area (Å²) in [6.07, 6.45) is 1.15. The molecule has 1 aromatic carbocycles. The Bertz CT molecular complexity index is 599. The Balaban J connectivity index is 0.00000133. The molecule has 0 unspecified atom stereocenters. The van der Waals surface area contributed by atoms with Crippen LogP contribution in [0.2, 0.25) is 0 Å². The van der Waals surface area contributed by atoms with Gasteiger partial charge in [-0.15, -0.1) is 23.7 Å². The summed E-state index contributed by atoms with van der Waals surface area (Å²) >= 11 is 3.37. The molecule has 5 nitrogen and oxygen atoms in total. The third-order valence-corrected chi connectivity index (χ3v) is 5.24. The average molecular weight is 318 g/mol. The second kappa shape index (κ2) is 6.04. The number of halogens is 1. The second-order valence-corrected chi connectivity index (χ2v) is 6.70. The fourth-order valence-corrected chi connectivity index (χ4v) is 4.35. The van der Waals surface area contributed by atoms with E-state index in [9.17, 15) is 10.1 Å². The molecule has 0 spiro atoms. The number of hydrogen-bond donors (Lipinski definition) is 1. The van der Waals surface area contributed by atoms with Crippen molar-refractivity contribution in [2.75, 3.05) is 13.1 Å². The van der Waals surface area contributed by atoms with Gasteiger partial charge in [-0.05, 0) is 19.0 Å². The Morgan fingerprint density at radius 1 is 1.53 bits per heavy atom. The van der Waals surface area contributed by atoms with Gasteiger partial charge in [0.1, 0.15) is 0 Å². The summed E-state index contributed by atoms with van der Waals surface area (Å²) in [6.45, 7) is 2.08. The molecule has 1 fully saturated rings. The number of nitrogens with zero attached hydrogens (tertiary/aromatic N) is 2. The molecule has 8 heteroatoms. The first-order valence-corrected chi connectivity index (χ1v) is 7.34. The van der Waals surface area contributed by atoms with Gasteiger partial charge in [0.05, 0.1) is 15.1 Å². The van der Waals surface area contributed by atoms with Gasteiger partial charge in [0.2, 0.25) is 0 Å². The fraction of sp³-hybridized carbons (Fsp3) is 0.364. The summed E-state index contributed by atoms with van der Waals surface area (Å²) in [7, 11) is 0. The van der Waals surface area contributed by atoms with Crippen LogP contribution < -0.4 is 5.32 Å². The number of thioether (sulfide) groups is 1. The summed E-state index contributed by atoms with van der Waals surface area (Å²) in [5.41, 5.74) is 0.828. The molecule has 1 aliphatic heterocycles. The molecule has 102 valence electrons. The first kappa shape index (κ1) is 14.5. The molecule has 0 saturated carbocycles. The molecule has 2 aromatic rings. The highest BCUT2D eigenvalue weighted by Gasteiger charge is 2.18. The van der Waals surface area contributed by atoms with E-state index in [1.54, 1.807) is 35.2 Å². The second-order valence-electron chi connectivity index (χ2n) is 4.12. The summed E-state index contributed by atoms with van der Waals surface area (Å²) in [5.74, 6) is 0. The fourth-order valence-electron chi connectivity index (χ4n) is 1.93. The minimum Gasteiger partial charge on any atom is -0.316 e. The molecule has 1 aromatic heterocycles. The van der Waals surface area contributed by atoms with Crippen molar-refractivity contribution in [2.45, 2.75) is 16.0 Å². The average Bonchev–Trinajstić information content (AvgIpc) is 2.96. The molecule has 0 bridgehead atoms. The van der Waals surface area contributed by atoms with Gasteiger partial charge >= 0.3 is 0 Å². The third kappa shape index (κ3) is 3.17. The number of rotatable bonds is 3. The molecule has 1 saturated heterocycles. The minimum absolute atomic E-state index is 0. The summed E-state index contributed by atoms with van der Waals surface area (Å²) in [4.78, 5) is 14.8. The largest absolute Gasteiger partial charge is 0.316 e. The molecule has 1 atom stereocenters. The Morgan fingerprint density at radius 2 is 2.37 bits per heavy atom. The lowest BCUT2D eigenvalue weighted by atomic mass is 10.3. The molecule has 0 radical (unpaired) electrons. The maximum absolute atomic E-state index is 10.7. The predicted molar refractivity (Wildman–Crippen MR) is 80.7 cm³/mol. The summed E-state index contributed by atoms with van der Waals surface area (Å²) in [6, 6.07) is 4.86. The molecule has 1 aliphatic rings. The van der Waals surface area contributed by atoms with E-state index in [1.807, 2.05) is 0 Å². The summed E-state index contributed by atoms with van der Waals surface area (Å²) in [5, 5.41) is 14.6. The predicted octanol–water partition coefficient (Wildman–Crippen LogP) is 3.08. The van der Waals surface area contributed by atoms with E-state index in [0.29, 0.717) is 5.25 Å². The standard InChI is InChI=1S/C11H11N3O2S2.ClH/c15-14(16)7-1-2-10-9(5-7)13-11(18-10)17-8-3-4-12-6-8;/h1-2,5,8,12H,3-4,6H2;1H/t8-;/m0./s1. The van der Waals surface area contributed by atoms with Crippen molar-refractivity contribution in [3.05, 3.63) is 28.3 Å². The monoisotopic (exact) mass is 317 g/mol. The Hall–Kier alpha value is -0.890. The van der Waals surface area contributed by atoms with Crippen LogP contribution >= 0.6 is 35.5 Å². The number of hydrogen-bond acceptors (Lipinski definition) is 6. The quantitative estimate of drug-likeness (QED) is 0.696. The van der Waals surface area contributed by atoms with Crippen molar-refractivity contribution in [1.82, 2.24) is 10.3 Å². The van der Waals surface area contributed by atoms with Gasteiger partial charge in [-0.25, -0.2) is 4.98 Å². The van der Waals surface area contributed by atoms with Gasteiger partial charge in [-0.1, -0.05) is 11.8 Å². The van der Waals surface area contributed by atoms with Crippen LogP contribution in [0.1, 0.15) is 6.42 Å². The first-order valence-electron chi connectivity index (χ1n) is 5.65. The molecular weight excluding hydrogens is 306 g/mol. The van der Waals surface area contributed by atoms with E-state index < -0.39 is 0 Å².